The van der Waals surface area contributed by atoms with Crippen LogP contribution in [0.5, 0.6) is 0 Å². The van der Waals surface area contributed by atoms with Crippen molar-refractivity contribution in [3.63, 3.8) is 0 Å². The van der Waals surface area contributed by atoms with Gasteiger partial charge in [0, 0.05) is 18.0 Å². The van der Waals surface area contributed by atoms with Crippen molar-refractivity contribution in [2.45, 2.75) is 6.92 Å². The van der Waals surface area contributed by atoms with Gasteiger partial charge in [-0.25, -0.2) is 4.79 Å². The minimum atomic E-state index is -0.953. The summed E-state index contributed by atoms with van der Waals surface area (Å²) in [5, 5.41) is 9.28. The predicted molar refractivity (Wildman–Crippen MR) is 70.9 cm³/mol. The molecule has 3 heteroatoms. The van der Waals surface area contributed by atoms with Crippen molar-refractivity contribution in [2.75, 3.05) is 0 Å². The largest absolute Gasteiger partial charge is 0.478 e. The number of nitrogens with zero attached hydrogens (tertiary/aromatic N) is 1. The maximum atomic E-state index is 11.3. The van der Waals surface area contributed by atoms with Gasteiger partial charge in [0.05, 0.1) is 5.57 Å². The molecule has 2 aromatic rings. The molecule has 0 fully saturated rings. The molecule has 1 N–H and O–H groups in total. The Bertz CT molecular complexity index is 588. The van der Waals surface area contributed by atoms with Crippen molar-refractivity contribution in [3.05, 3.63) is 65.5 Å². The Morgan fingerprint density at radius 3 is 2.61 bits per heavy atom. The third-order valence-corrected chi connectivity index (χ3v) is 2.69. The normalized spacial score (nSPS) is 11.3. The molecular weight excluding hydrogens is 226 g/mol. The number of aryl methyl sites for hydroxylation is 1. The molecule has 0 aliphatic carbocycles. The van der Waals surface area contributed by atoms with Crippen LogP contribution >= 0.6 is 0 Å². The molecule has 3 nitrogen and oxygen atoms in total. The van der Waals surface area contributed by atoms with Gasteiger partial charge in [-0.15, -0.1) is 0 Å². The van der Waals surface area contributed by atoms with Crippen LogP contribution in [0.4, 0.5) is 0 Å². The number of benzene rings is 1. The van der Waals surface area contributed by atoms with E-state index in [1.54, 1.807) is 30.6 Å². The summed E-state index contributed by atoms with van der Waals surface area (Å²) in [5.74, 6) is -0.953. The summed E-state index contributed by atoms with van der Waals surface area (Å²) in [7, 11) is 0. The van der Waals surface area contributed by atoms with Crippen molar-refractivity contribution in [3.8, 4) is 0 Å². The Kier molecular flexibility index (Phi) is 3.53. The number of carboxylic acid groups (broad SMARTS) is 1. The molecule has 0 radical (unpaired) electrons. The summed E-state index contributed by atoms with van der Waals surface area (Å²) in [5.41, 5.74) is 2.80. The summed E-state index contributed by atoms with van der Waals surface area (Å²) in [6.45, 7) is 1.95. The van der Waals surface area contributed by atoms with Crippen molar-refractivity contribution in [1.29, 1.82) is 0 Å². The lowest BCUT2D eigenvalue weighted by atomic mass is 10.0. The quantitative estimate of drug-likeness (QED) is 0.837. The van der Waals surface area contributed by atoms with E-state index >= 15 is 0 Å². The van der Waals surface area contributed by atoms with Gasteiger partial charge in [0.2, 0.25) is 0 Å². The highest BCUT2D eigenvalue weighted by Gasteiger charge is 2.10. The molecule has 0 aliphatic heterocycles. The van der Waals surface area contributed by atoms with Crippen LogP contribution in [0.1, 0.15) is 16.7 Å². The van der Waals surface area contributed by atoms with Gasteiger partial charge in [-0.1, -0.05) is 30.3 Å². The van der Waals surface area contributed by atoms with Crippen LogP contribution in [0, 0.1) is 6.92 Å². The van der Waals surface area contributed by atoms with Gasteiger partial charge in [0.25, 0.3) is 0 Å². The van der Waals surface area contributed by atoms with Crippen molar-refractivity contribution in [2.24, 2.45) is 0 Å². The van der Waals surface area contributed by atoms with Gasteiger partial charge in [-0.05, 0) is 30.2 Å². The molecule has 0 saturated heterocycles. The number of hydrogen-bond acceptors (Lipinski definition) is 2. The molecule has 90 valence electrons. The second-order valence-corrected chi connectivity index (χ2v) is 3.96. The molecular formula is C15H13NO2. The number of rotatable bonds is 3. The minimum Gasteiger partial charge on any atom is -0.478 e. The molecule has 0 spiro atoms. The lowest BCUT2D eigenvalue weighted by molar-refractivity contribution is -0.130. The molecule has 0 saturated carbocycles. The summed E-state index contributed by atoms with van der Waals surface area (Å²) in [6, 6.07) is 11.1. The summed E-state index contributed by atoms with van der Waals surface area (Å²) in [6.07, 6.45) is 4.85. The number of carbonyl (C=O) groups is 1. The Hall–Kier alpha value is -2.42. The van der Waals surface area contributed by atoms with Gasteiger partial charge in [-0.2, -0.15) is 0 Å². The fourth-order valence-electron chi connectivity index (χ4n) is 1.69. The smallest absolute Gasteiger partial charge is 0.336 e. The number of hydrogen-bond donors (Lipinski definition) is 1. The first-order valence-corrected chi connectivity index (χ1v) is 5.59. The number of pyridine rings is 1. The average Bonchev–Trinajstić information content (AvgIpc) is 2.38. The van der Waals surface area contributed by atoms with E-state index in [-0.39, 0.29) is 5.57 Å². The average molecular weight is 239 g/mol. The van der Waals surface area contributed by atoms with Gasteiger partial charge in [-0.3, -0.25) is 4.98 Å². The van der Waals surface area contributed by atoms with E-state index in [4.69, 9.17) is 0 Å². The Morgan fingerprint density at radius 2 is 2.00 bits per heavy atom. The van der Waals surface area contributed by atoms with Crippen LogP contribution in [0.15, 0.2) is 48.8 Å². The van der Waals surface area contributed by atoms with Crippen LogP contribution in [0.2, 0.25) is 0 Å². The molecule has 1 aromatic carbocycles. The van der Waals surface area contributed by atoms with Crippen LogP contribution < -0.4 is 0 Å². The molecule has 0 amide bonds. The summed E-state index contributed by atoms with van der Waals surface area (Å²) < 4.78 is 0. The second-order valence-electron chi connectivity index (χ2n) is 3.96. The Labute approximate surface area is 105 Å². The van der Waals surface area contributed by atoms with E-state index in [0.717, 1.165) is 11.1 Å². The topological polar surface area (TPSA) is 50.2 Å². The van der Waals surface area contributed by atoms with Crippen molar-refractivity contribution >= 4 is 17.6 Å². The van der Waals surface area contributed by atoms with E-state index in [9.17, 15) is 9.90 Å². The molecule has 0 unspecified atom stereocenters. The number of aromatic nitrogens is 1. The molecule has 0 atom stereocenters. The molecule has 0 aliphatic rings. The monoisotopic (exact) mass is 239 g/mol. The van der Waals surface area contributed by atoms with Crippen LogP contribution in [-0.2, 0) is 4.79 Å². The van der Waals surface area contributed by atoms with Crippen LogP contribution in [0.3, 0.4) is 0 Å². The van der Waals surface area contributed by atoms with Gasteiger partial charge >= 0.3 is 5.97 Å². The zero-order valence-corrected chi connectivity index (χ0v) is 10.00. The summed E-state index contributed by atoms with van der Waals surface area (Å²) in [4.78, 5) is 15.3. The fraction of sp³-hybridized carbons (Fsp3) is 0.0667. The van der Waals surface area contributed by atoms with E-state index in [0.29, 0.717) is 5.56 Å². The second kappa shape index (κ2) is 5.27. The standard InChI is InChI=1S/C15H13NO2/c1-11-5-2-3-6-12(11)9-14(15(17)18)13-7-4-8-16-10-13/h2-10H,1H3,(H,17,18)/b14-9+. The zero-order valence-electron chi connectivity index (χ0n) is 10.00. The molecule has 2 rings (SSSR count). The molecule has 1 aromatic heterocycles. The van der Waals surface area contributed by atoms with Crippen molar-refractivity contribution in [1.82, 2.24) is 4.98 Å². The SMILES string of the molecule is Cc1ccccc1/C=C(/C(=O)O)c1cccnc1. The first kappa shape index (κ1) is 12.0. The fourth-order valence-corrected chi connectivity index (χ4v) is 1.69. The van der Waals surface area contributed by atoms with E-state index in [1.807, 2.05) is 31.2 Å². The van der Waals surface area contributed by atoms with Crippen LogP contribution in [-0.4, -0.2) is 16.1 Å². The molecule has 1 heterocycles. The maximum Gasteiger partial charge on any atom is 0.336 e. The van der Waals surface area contributed by atoms with Gasteiger partial charge in [0.1, 0.15) is 0 Å². The minimum absolute atomic E-state index is 0.248. The highest BCUT2D eigenvalue weighted by Crippen LogP contribution is 2.19. The Morgan fingerprint density at radius 1 is 1.22 bits per heavy atom. The van der Waals surface area contributed by atoms with E-state index in [1.165, 1.54) is 0 Å². The zero-order chi connectivity index (χ0) is 13.0. The van der Waals surface area contributed by atoms with E-state index in [2.05, 4.69) is 4.98 Å². The highest BCUT2D eigenvalue weighted by atomic mass is 16.4. The molecule has 0 bridgehead atoms. The Balaban J connectivity index is 2.50. The van der Waals surface area contributed by atoms with Gasteiger partial charge in [0.15, 0.2) is 0 Å². The third kappa shape index (κ3) is 2.63. The van der Waals surface area contributed by atoms with Gasteiger partial charge < -0.3 is 5.11 Å². The number of carboxylic acids is 1. The van der Waals surface area contributed by atoms with Crippen LogP contribution in [0.25, 0.3) is 11.6 Å². The molecule has 18 heavy (non-hydrogen) atoms. The number of aliphatic carboxylic acids is 1. The lowest BCUT2D eigenvalue weighted by Crippen LogP contribution is -2.00. The maximum absolute atomic E-state index is 11.3. The van der Waals surface area contributed by atoms with Crippen molar-refractivity contribution < 1.29 is 9.90 Å². The summed E-state index contributed by atoms with van der Waals surface area (Å²) >= 11 is 0. The first-order chi connectivity index (χ1) is 8.68. The predicted octanol–water partition coefficient (Wildman–Crippen LogP) is 3.02. The highest BCUT2D eigenvalue weighted by molar-refractivity contribution is 6.20. The van der Waals surface area contributed by atoms with E-state index < -0.39 is 5.97 Å². The third-order valence-electron chi connectivity index (χ3n) is 2.69. The first-order valence-electron chi connectivity index (χ1n) is 5.59. The lowest BCUT2D eigenvalue weighted by Gasteiger charge is -2.04.